The van der Waals surface area contributed by atoms with E-state index in [0.29, 0.717) is 0 Å². The minimum atomic E-state index is -0.185. The van der Waals surface area contributed by atoms with Gasteiger partial charge in [0, 0.05) is 6.04 Å². The van der Waals surface area contributed by atoms with Crippen molar-refractivity contribution < 1.29 is 4.39 Å². The van der Waals surface area contributed by atoms with Crippen LogP contribution in [-0.4, -0.2) is 7.05 Å². The molecule has 0 fully saturated rings. The molecule has 0 saturated carbocycles. The fraction of sp³-hybridized carbons (Fsp3) is 0.368. The highest BCUT2D eigenvalue weighted by Crippen LogP contribution is 2.30. The number of hydrogen-bond acceptors (Lipinski definition) is 1. The van der Waals surface area contributed by atoms with Crippen molar-refractivity contribution in [2.24, 2.45) is 0 Å². The van der Waals surface area contributed by atoms with E-state index < -0.39 is 0 Å². The van der Waals surface area contributed by atoms with Crippen molar-refractivity contribution in [3.05, 3.63) is 58.9 Å². The van der Waals surface area contributed by atoms with Crippen LogP contribution in [0.4, 0.5) is 4.39 Å². The van der Waals surface area contributed by atoms with Gasteiger partial charge in [0.1, 0.15) is 5.82 Å². The van der Waals surface area contributed by atoms with Crippen LogP contribution >= 0.6 is 0 Å². The van der Waals surface area contributed by atoms with Crippen LogP contribution in [0.15, 0.2) is 36.4 Å². The Hall–Kier alpha value is -1.67. The smallest absolute Gasteiger partial charge is 0.123 e. The number of benzene rings is 2. The Balaban J connectivity index is 2.57. The lowest BCUT2D eigenvalue weighted by molar-refractivity contribution is 0.620. The van der Waals surface area contributed by atoms with Gasteiger partial charge in [-0.25, -0.2) is 4.39 Å². The highest BCUT2D eigenvalue weighted by molar-refractivity contribution is 5.69. The third-order valence-electron chi connectivity index (χ3n) is 4.19. The fourth-order valence-electron chi connectivity index (χ4n) is 2.78. The van der Waals surface area contributed by atoms with Crippen LogP contribution in [0, 0.1) is 5.82 Å². The van der Waals surface area contributed by atoms with Crippen molar-refractivity contribution in [2.75, 3.05) is 7.05 Å². The second-order valence-corrected chi connectivity index (χ2v) is 5.43. The molecule has 0 saturated heterocycles. The van der Waals surface area contributed by atoms with E-state index in [1.165, 1.54) is 17.2 Å². The number of hydrogen-bond donors (Lipinski definition) is 1. The Morgan fingerprint density at radius 2 is 1.71 bits per heavy atom. The van der Waals surface area contributed by atoms with E-state index in [1.54, 1.807) is 6.07 Å². The quantitative estimate of drug-likeness (QED) is 0.824. The molecule has 0 amide bonds. The Morgan fingerprint density at radius 3 is 2.33 bits per heavy atom. The lowest BCUT2D eigenvalue weighted by atomic mass is 9.92. The molecule has 0 heterocycles. The van der Waals surface area contributed by atoms with Crippen LogP contribution in [0.25, 0.3) is 11.1 Å². The Bertz CT molecular complexity index is 619. The molecule has 2 aromatic rings. The zero-order chi connectivity index (χ0) is 15.4. The summed E-state index contributed by atoms with van der Waals surface area (Å²) in [5.74, 6) is -0.185. The highest BCUT2D eigenvalue weighted by atomic mass is 19.1. The second-order valence-electron chi connectivity index (χ2n) is 5.43. The average Bonchev–Trinajstić information content (AvgIpc) is 2.53. The summed E-state index contributed by atoms with van der Waals surface area (Å²) in [7, 11) is 1.93. The maximum Gasteiger partial charge on any atom is 0.123 e. The van der Waals surface area contributed by atoms with Crippen molar-refractivity contribution in [1.82, 2.24) is 5.32 Å². The molecule has 2 heteroatoms. The summed E-state index contributed by atoms with van der Waals surface area (Å²) in [5, 5.41) is 3.24. The molecule has 0 bridgehead atoms. The third kappa shape index (κ3) is 3.33. The maximum atomic E-state index is 13.7. The lowest BCUT2D eigenvalue weighted by Crippen LogP contribution is -2.13. The van der Waals surface area contributed by atoms with Gasteiger partial charge < -0.3 is 5.32 Å². The molecule has 21 heavy (non-hydrogen) atoms. The van der Waals surface area contributed by atoms with Gasteiger partial charge in [-0.2, -0.15) is 0 Å². The van der Waals surface area contributed by atoms with E-state index in [4.69, 9.17) is 0 Å². The van der Waals surface area contributed by atoms with E-state index in [-0.39, 0.29) is 11.9 Å². The van der Waals surface area contributed by atoms with E-state index >= 15 is 0 Å². The summed E-state index contributed by atoms with van der Waals surface area (Å²) in [6.07, 6.45) is 2.04. The molecule has 0 aliphatic carbocycles. The molecular formula is C19H24FN. The molecule has 2 aromatic carbocycles. The molecule has 1 nitrogen and oxygen atoms in total. The molecular weight excluding hydrogens is 261 g/mol. The largest absolute Gasteiger partial charge is 0.313 e. The zero-order valence-corrected chi connectivity index (χ0v) is 13.3. The van der Waals surface area contributed by atoms with Crippen LogP contribution in [0.1, 0.15) is 43.5 Å². The van der Waals surface area contributed by atoms with Crippen molar-refractivity contribution in [3.63, 3.8) is 0 Å². The van der Waals surface area contributed by atoms with Gasteiger partial charge in [-0.3, -0.25) is 0 Å². The van der Waals surface area contributed by atoms with Gasteiger partial charge >= 0.3 is 0 Å². The van der Waals surface area contributed by atoms with Crippen molar-refractivity contribution >= 4 is 0 Å². The molecule has 0 aliphatic heterocycles. The maximum absolute atomic E-state index is 13.7. The van der Waals surface area contributed by atoms with E-state index in [1.807, 2.05) is 13.1 Å². The monoisotopic (exact) mass is 285 g/mol. The molecule has 1 N–H and O–H groups in total. The first-order chi connectivity index (χ1) is 10.1. The molecule has 2 rings (SSSR count). The first-order valence-electron chi connectivity index (χ1n) is 7.69. The van der Waals surface area contributed by atoms with Crippen molar-refractivity contribution in [2.45, 2.75) is 39.7 Å². The standard InChI is InChI=1S/C19H24FN/c1-5-14-7-8-16(11-15(14)6-2)19-12-17(20)9-10-18(19)13(3)21-4/h7-13,21H,5-6H2,1-4H3. The van der Waals surface area contributed by atoms with Gasteiger partial charge in [0.05, 0.1) is 0 Å². The summed E-state index contributed by atoms with van der Waals surface area (Å²) in [6.45, 7) is 6.43. The van der Waals surface area contributed by atoms with Gasteiger partial charge in [0.25, 0.3) is 0 Å². The Morgan fingerprint density at radius 1 is 1.00 bits per heavy atom. The number of nitrogens with one attached hydrogen (secondary N) is 1. The molecule has 0 radical (unpaired) electrons. The molecule has 112 valence electrons. The summed E-state index contributed by atoms with van der Waals surface area (Å²) < 4.78 is 13.7. The Kier molecular flexibility index (Phi) is 5.13. The van der Waals surface area contributed by atoms with Crippen LogP contribution in [0.3, 0.4) is 0 Å². The van der Waals surface area contributed by atoms with Gasteiger partial charge in [-0.15, -0.1) is 0 Å². The first kappa shape index (κ1) is 15.7. The van der Waals surface area contributed by atoms with Crippen molar-refractivity contribution in [3.8, 4) is 11.1 Å². The summed E-state index contributed by atoms with van der Waals surface area (Å²) in [4.78, 5) is 0. The SMILES string of the molecule is CCc1ccc(-c2cc(F)ccc2C(C)NC)cc1CC. The minimum Gasteiger partial charge on any atom is -0.313 e. The highest BCUT2D eigenvalue weighted by Gasteiger charge is 2.13. The normalized spacial score (nSPS) is 12.4. The summed E-state index contributed by atoms with van der Waals surface area (Å²) >= 11 is 0. The minimum absolute atomic E-state index is 0.185. The second kappa shape index (κ2) is 6.86. The molecule has 0 aliphatic rings. The van der Waals surface area contributed by atoms with Gasteiger partial charge in [0.2, 0.25) is 0 Å². The molecule has 0 aromatic heterocycles. The van der Waals surface area contributed by atoms with Crippen LogP contribution in [0.2, 0.25) is 0 Å². The average molecular weight is 285 g/mol. The summed E-state index contributed by atoms with van der Waals surface area (Å²) in [6, 6.07) is 11.7. The van der Waals surface area contributed by atoms with Crippen LogP contribution in [-0.2, 0) is 12.8 Å². The fourth-order valence-corrected chi connectivity index (χ4v) is 2.78. The van der Waals surface area contributed by atoms with Gasteiger partial charge in [0.15, 0.2) is 0 Å². The van der Waals surface area contributed by atoms with Crippen LogP contribution < -0.4 is 5.32 Å². The van der Waals surface area contributed by atoms with E-state index in [2.05, 4.69) is 44.3 Å². The zero-order valence-electron chi connectivity index (χ0n) is 13.3. The lowest BCUT2D eigenvalue weighted by Gasteiger charge is -2.17. The van der Waals surface area contributed by atoms with E-state index in [9.17, 15) is 4.39 Å². The van der Waals surface area contributed by atoms with Crippen molar-refractivity contribution in [1.29, 1.82) is 0 Å². The first-order valence-corrected chi connectivity index (χ1v) is 7.69. The van der Waals surface area contributed by atoms with E-state index in [0.717, 1.165) is 29.5 Å². The topological polar surface area (TPSA) is 12.0 Å². The molecule has 0 spiro atoms. The predicted octanol–water partition coefficient (Wildman–Crippen LogP) is 4.90. The molecule has 1 atom stereocenters. The summed E-state index contributed by atoms with van der Waals surface area (Å²) in [5.41, 5.74) is 5.93. The van der Waals surface area contributed by atoms with Crippen LogP contribution in [0.5, 0.6) is 0 Å². The predicted molar refractivity (Wildman–Crippen MR) is 88.1 cm³/mol. The Labute approximate surface area is 127 Å². The number of halogens is 1. The third-order valence-corrected chi connectivity index (χ3v) is 4.19. The van der Waals surface area contributed by atoms with Gasteiger partial charge in [-0.1, -0.05) is 38.1 Å². The van der Waals surface area contributed by atoms with Gasteiger partial charge in [-0.05, 0) is 66.8 Å². The number of rotatable bonds is 5. The molecule has 1 unspecified atom stereocenters. The number of aryl methyl sites for hydroxylation is 2.